The quantitative estimate of drug-likeness (QED) is 0.306. The molecule has 0 unspecified atom stereocenters. The molecular weight excluding hydrogens is 488 g/mol. The van der Waals surface area contributed by atoms with E-state index in [4.69, 9.17) is 16.3 Å². The van der Waals surface area contributed by atoms with Crippen LogP contribution in [0.5, 0.6) is 5.75 Å². The normalized spacial score (nSPS) is 10.6. The molecule has 3 rings (SSSR count). The maximum Gasteiger partial charge on any atom is 0.234 e. The molecule has 0 bridgehead atoms. The highest BCUT2D eigenvalue weighted by Gasteiger charge is 2.15. The lowest BCUT2D eigenvalue weighted by Gasteiger charge is -2.11. The number of benzene rings is 2. The first-order valence-corrected chi connectivity index (χ1v) is 11.2. The van der Waals surface area contributed by atoms with E-state index in [9.17, 15) is 4.79 Å². The fourth-order valence-corrected chi connectivity index (χ4v) is 4.10. The number of aryl methyl sites for hydroxylation is 1. The van der Waals surface area contributed by atoms with Gasteiger partial charge in [-0.05, 0) is 36.8 Å². The first-order chi connectivity index (χ1) is 14.5. The average Bonchev–Trinajstić information content (AvgIpc) is 3.10. The van der Waals surface area contributed by atoms with Gasteiger partial charge in [-0.1, -0.05) is 63.6 Å². The van der Waals surface area contributed by atoms with Gasteiger partial charge in [0.05, 0.1) is 16.5 Å². The van der Waals surface area contributed by atoms with Crippen molar-refractivity contribution in [3.8, 4) is 5.75 Å². The van der Waals surface area contributed by atoms with E-state index in [2.05, 4.69) is 38.0 Å². The van der Waals surface area contributed by atoms with Crippen molar-refractivity contribution < 1.29 is 9.53 Å². The molecule has 9 heteroatoms. The average molecular weight is 508 g/mol. The maximum absolute atomic E-state index is 12.3. The molecule has 3 aromatic rings. The lowest BCUT2D eigenvalue weighted by molar-refractivity contribution is -0.113. The SMILES string of the molecule is C=CCn1c(COc2ccccc2C)nnc1SCC(=O)Nc1ccc(Br)cc1Cl. The minimum absolute atomic E-state index is 0.167. The van der Waals surface area contributed by atoms with Gasteiger partial charge < -0.3 is 10.1 Å². The topological polar surface area (TPSA) is 69.0 Å². The van der Waals surface area contributed by atoms with Crippen LogP contribution in [0.1, 0.15) is 11.4 Å². The number of hydrogen-bond donors (Lipinski definition) is 1. The third-order valence-electron chi connectivity index (χ3n) is 4.09. The number of carbonyl (C=O) groups is 1. The van der Waals surface area contributed by atoms with Crippen LogP contribution in [0.3, 0.4) is 0 Å². The predicted octanol–water partition coefficient (Wildman–Crippen LogP) is 5.50. The van der Waals surface area contributed by atoms with Gasteiger partial charge in [0.25, 0.3) is 0 Å². The number of halogens is 2. The summed E-state index contributed by atoms with van der Waals surface area (Å²) in [5, 5.41) is 12.3. The zero-order valence-corrected chi connectivity index (χ0v) is 19.4. The molecule has 0 saturated carbocycles. The number of allylic oxidation sites excluding steroid dienone is 1. The Morgan fingerprint density at radius 3 is 2.87 bits per heavy atom. The van der Waals surface area contributed by atoms with Gasteiger partial charge in [-0.15, -0.1) is 16.8 Å². The fraction of sp³-hybridized carbons (Fsp3) is 0.190. The first-order valence-electron chi connectivity index (χ1n) is 9.07. The van der Waals surface area contributed by atoms with E-state index < -0.39 is 0 Å². The summed E-state index contributed by atoms with van der Waals surface area (Å²) in [5.41, 5.74) is 1.61. The molecule has 156 valence electrons. The molecule has 0 atom stereocenters. The van der Waals surface area contributed by atoms with E-state index in [0.717, 1.165) is 15.8 Å². The predicted molar refractivity (Wildman–Crippen MR) is 124 cm³/mol. The molecule has 1 amide bonds. The van der Waals surface area contributed by atoms with Crippen molar-refractivity contribution >= 4 is 50.9 Å². The largest absolute Gasteiger partial charge is 0.485 e. The minimum atomic E-state index is -0.185. The van der Waals surface area contributed by atoms with Crippen molar-refractivity contribution in [1.29, 1.82) is 0 Å². The van der Waals surface area contributed by atoms with Gasteiger partial charge in [0, 0.05) is 11.0 Å². The smallest absolute Gasteiger partial charge is 0.234 e. The lowest BCUT2D eigenvalue weighted by Crippen LogP contribution is -2.15. The Morgan fingerprint density at radius 1 is 1.33 bits per heavy atom. The van der Waals surface area contributed by atoms with Crippen LogP contribution in [-0.4, -0.2) is 26.4 Å². The second kappa shape index (κ2) is 10.7. The monoisotopic (exact) mass is 506 g/mol. The molecule has 2 aromatic carbocycles. The number of thioether (sulfide) groups is 1. The number of hydrogen-bond acceptors (Lipinski definition) is 5. The zero-order chi connectivity index (χ0) is 21.5. The van der Waals surface area contributed by atoms with E-state index in [1.165, 1.54) is 11.8 Å². The molecule has 0 aliphatic carbocycles. The number of anilines is 1. The second-order valence-corrected chi connectivity index (χ2v) is 8.58. The van der Waals surface area contributed by atoms with Crippen molar-refractivity contribution in [2.45, 2.75) is 25.2 Å². The van der Waals surface area contributed by atoms with E-state index in [1.807, 2.05) is 41.8 Å². The summed E-state index contributed by atoms with van der Waals surface area (Å²) in [7, 11) is 0. The van der Waals surface area contributed by atoms with E-state index in [0.29, 0.717) is 28.2 Å². The van der Waals surface area contributed by atoms with E-state index >= 15 is 0 Å². The molecular formula is C21H20BrClN4O2S. The summed E-state index contributed by atoms with van der Waals surface area (Å²) in [6.07, 6.45) is 1.76. The number of ether oxygens (including phenoxy) is 1. The molecule has 0 radical (unpaired) electrons. The standard InChI is InChI=1S/C21H20BrClN4O2S/c1-3-10-27-19(12-29-18-7-5-4-6-14(18)2)25-26-21(27)30-13-20(28)24-17-9-8-15(22)11-16(17)23/h3-9,11H,1,10,12-13H2,2H3,(H,24,28). The highest BCUT2D eigenvalue weighted by atomic mass is 79.9. The Morgan fingerprint density at radius 2 is 2.13 bits per heavy atom. The van der Waals surface area contributed by atoms with Crippen LogP contribution in [0.2, 0.25) is 5.02 Å². The second-order valence-electron chi connectivity index (χ2n) is 6.31. The third-order valence-corrected chi connectivity index (χ3v) is 5.87. The van der Waals surface area contributed by atoms with Gasteiger partial charge in [-0.3, -0.25) is 9.36 Å². The molecule has 0 aliphatic heterocycles. The third kappa shape index (κ3) is 5.87. The molecule has 0 saturated heterocycles. The highest BCUT2D eigenvalue weighted by Crippen LogP contribution is 2.26. The molecule has 1 heterocycles. The number of nitrogens with one attached hydrogen (secondary N) is 1. The van der Waals surface area contributed by atoms with Crippen LogP contribution in [0.25, 0.3) is 0 Å². The Hall–Kier alpha value is -2.29. The number of carbonyl (C=O) groups excluding carboxylic acids is 1. The molecule has 0 fully saturated rings. The van der Waals surface area contributed by atoms with Crippen LogP contribution in [0, 0.1) is 6.92 Å². The Balaban J connectivity index is 1.63. The molecule has 1 aromatic heterocycles. The van der Waals surface area contributed by atoms with Crippen LogP contribution in [-0.2, 0) is 17.9 Å². The number of para-hydroxylation sites is 1. The summed E-state index contributed by atoms with van der Waals surface area (Å²) < 4.78 is 8.62. The molecule has 1 N–H and O–H groups in total. The molecule has 6 nitrogen and oxygen atoms in total. The number of aromatic nitrogens is 3. The summed E-state index contributed by atoms with van der Waals surface area (Å²) in [6.45, 7) is 6.57. The Bertz CT molecular complexity index is 1060. The number of rotatable bonds is 9. The Labute approximate surface area is 192 Å². The van der Waals surface area contributed by atoms with Crippen molar-refractivity contribution in [2.75, 3.05) is 11.1 Å². The van der Waals surface area contributed by atoms with Crippen LogP contribution < -0.4 is 10.1 Å². The lowest BCUT2D eigenvalue weighted by atomic mass is 10.2. The highest BCUT2D eigenvalue weighted by molar-refractivity contribution is 9.10. The summed E-state index contributed by atoms with van der Waals surface area (Å²) >= 11 is 10.8. The summed E-state index contributed by atoms with van der Waals surface area (Å²) in [6, 6.07) is 13.1. The van der Waals surface area contributed by atoms with Crippen LogP contribution in [0.4, 0.5) is 5.69 Å². The fourth-order valence-electron chi connectivity index (χ4n) is 2.61. The summed E-state index contributed by atoms with van der Waals surface area (Å²) in [4.78, 5) is 12.3. The van der Waals surface area contributed by atoms with E-state index in [1.54, 1.807) is 18.2 Å². The van der Waals surface area contributed by atoms with Gasteiger partial charge in [0.2, 0.25) is 5.91 Å². The van der Waals surface area contributed by atoms with Crippen LogP contribution >= 0.6 is 39.3 Å². The minimum Gasteiger partial charge on any atom is -0.485 e. The van der Waals surface area contributed by atoms with Gasteiger partial charge in [0.1, 0.15) is 12.4 Å². The van der Waals surface area contributed by atoms with Crippen molar-refractivity contribution in [2.24, 2.45) is 0 Å². The Kier molecular flexibility index (Phi) is 7.95. The molecule has 0 spiro atoms. The first kappa shape index (κ1) is 22.4. The van der Waals surface area contributed by atoms with Crippen LogP contribution in [0.15, 0.2) is 64.7 Å². The van der Waals surface area contributed by atoms with Gasteiger partial charge in [-0.2, -0.15) is 0 Å². The molecule has 0 aliphatic rings. The van der Waals surface area contributed by atoms with Gasteiger partial charge in [0.15, 0.2) is 11.0 Å². The van der Waals surface area contributed by atoms with E-state index in [-0.39, 0.29) is 18.3 Å². The zero-order valence-electron chi connectivity index (χ0n) is 16.3. The maximum atomic E-state index is 12.3. The van der Waals surface area contributed by atoms with Crippen molar-refractivity contribution in [3.63, 3.8) is 0 Å². The van der Waals surface area contributed by atoms with Crippen molar-refractivity contribution in [1.82, 2.24) is 14.8 Å². The number of amides is 1. The summed E-state index contributed by atoms with van der Waals surface area (Å²) in [5.74, 6) is 1.44. The molecule has 30 heavy (non-hydrogen) atoms. The van der Waals surface area contributed by atoms with Gasteiger partial charge in [-0.25, -0.2) is 0 Å². The van der Waals surface area contributed by atoms with Crippen molar-refractivity contribution in [3.05, 3.63) is 76.0 Å². The number of nitrogens with zero attached hydrogens (tertiary/aromatic N) is 3. The van der Waals surface area contributed by atoms with Gasteiger partial charge >= 0.3 is 0 Å².